The Morgan fingerprint density at radius 3 is 2.46 bits per heavy atom. The maximum atomic E-state index is 12.9. The summed E-state index contributed by atoms with van der Waals surface area (Å²) < 4.78 is 11.2. The van der Waals surface area contributed by atoms with Crippen molar-refractivity contribution in [3.8, 4) is 0 Å². The van der Waals surface area contributed by atoms with Crippen LogP contribution in [-0.4, -0.2) is 49.4 Å². The van der Waals surface area contributed by atoms with E-state index in [9.17, 15) is 4.79 Å². The van der Waals surface area contributed by atoms with Crippen molar-refractivity contribution in [2.75, 3.05) is 32.8 Å². The number of amides is 1. The Morgan fingerprint density at radius 1 is 1.29 bits per heavy atom. The van der Waals surface area contributed by atoms with Crippen molar-refractivity contribution >= 4 is 17.7 Å². The van der Waals surface area contributed by atoms with E-state index in [0.717, 1.165) is 25.1 Å². The topological polar surface area (TPSA) is 38.8 Å². The number of thioether (sulfide) groups is 1. The van der Waals surface area contributed by atoms with Crippen molar-refractivity contribution in [3.63, 3.8) is 0 Å². The van der Waals surface area contributed by atoms with E-state index in [2.05, 4.69) is 17.0 Å². The van der Waals surface area contributed by atoms with E-state index in [-0.39, 0.29) is 23.3 Å². The summed E-state index contributed by atoms with van der Waals surface area (Å²) in [4.78, 5) is 14.9. The van der Waals surface area contributed by atoms with Crippen LogP contribution in [0.3, 0.4) is 0 Å². The molecule has 2 fully saturated rings. The van der Waals surface area contributed by atoms with E-state index in [1.807, 2.05) is 31.4 Å². The van der Waals surface area contributed by atoms with Crippen LogP contribution >= 0.6 is 11.8 Å². The van der Waals surface area contributed by atoms with Crippen LogP contribution in [0, 0.1) is 11.3 Å². The van der Waals surface area contributed by atoms with Gasteiger partial charge in [-0.05, 0) is 11.8 Å². The van der Waals surface area contributed by atoms with Crippen molar-refractivity contribution in [2.24, 2.45) is 11.3 Å². The second kappa shape index (κ2) is 6.70. The lowest BCUT2D eigenvalue weighted by atomic mass is 9.53. The van der Waals surface area contributed by atoms with E-state index < -0.39 is 5.79 Å². The normalized spacial score (nSPS) is 25.0. The van der Waals surface area contributed by atoms with Crippen LogP contribution in [0.15, 0.2) is 30.3 Å². The van der Waals surface area contributed by atoms with Crippen molar-refractivity contribution < 1.29 is 14.3 Å². The minimum atomic E-state index is -0.479. The molecule has 132 valence electrons. The van der Waals surface area contributed by atoms with Gasteiger partial charge in [-0.3, -0.25) is 4.79 Å². The monoisotopic (exact) mass is 349 g/mol. The van der Waals surface area contributed by atoms with Crippen LogP contribution in [0.4, 0.5) is 0 Å². The van der Waals surface area contributed by atoms with Crippen LogP contribution in [0.25, 0.3) is 0 Å². The molecule has 1 aliphatic carbocycles. The average Bonchev–Trinajstić information content (AvgIpc) is 2.54. The van der Waals surface area contributed by atoms with Crippen LogP contribution in [0.1, 0.15) is 31.4 Å². The lowest BCUT2D eigenvalue weighted by Crippen LogP contribution is -2.71. The van der Waals surface area contributed by atoms with Crippen molar-refractivity contribution in [3.05, 3.63) is 35.9 Å². The highest BCUT2D eigenvalue weighted by Crippen LogP contribution is 2.65. The lowest BCUT2D eigenvalue weighted by Gasteiger charge is -2.67. The maximum Gasteiger partial charge on any atom is 0.226 e. The minimum absolute atomic E-state index is 0.0539. The van der Waals surface area contributed by atoms with E-state index in [1.165, 1.54) is 5.56 Å². The van der Waals surface area contributed by atoms with Gasteiger partial charge in [0.25, 0.3) is 0 Å². The SMILES string of the molecule is COC1(OC)CC2(CN(C(=O)C(C)CSC)C2c2ccccc2)C1. The fourth-order valence-corrected chi connectivity index (χ4v) is 5.05. The number of ether oxygens (including phenoxy) is 2. The van der Waals surface area contributed by atoms with Gasteiger partial charge in [-0.2, -0.15) is 11.8 Å². The van der Waals surface area contributed by atoms with Gasteiger partial charge in [-0.1, -0.05) is 37.3 Å². The Hall–Kier alpha value is -1.04. The molecule has 0 radical (unpaired) electrons. The van der Waals surface area contributed by atoms with Gasteiger partial charge < -0.3 is 14.4 Å². The van der Waals surface area contributed by atoms with E-state index in [0.29, 0.717) is 0 Å². The first-order chi connectivity index (χ1) is 11.5. The molecule has 1 heterocycles. The molecule has 0 aromatic heterocycles. The molecule has 24 heavy (non-hydrogen) atoms. The van der Waals surface area contributed by atoms with Gasteiger partial charge in [0.15, 0.2) is 5.79 Å². The van der Waals surface area contributed by atoms with E-state index >= 15 is 0 Å². The molecule has 4 nitrogen and oxygen atoms in total. The van der Waals surface area contributed by atoms with E-state index in [1.54, 1.807) is 26.0 Å². The minimum Gasteiger partial charge on any atom is -0.353 e. The largest absolute Gasteiger partial charge is 0.353 e. The van der Waals surface area contributed by atoms with Crippen LogP contribution in [0.2, 0.25) is 0 Å². The van der Waals surface area contributed by atoms with Crippen molar-refractivity contribution in [1.29, 1.82) is 0 Å². The number of hydrogen-bond donors (Lipinski definition) is 0. The number of carbonyl (C=O) groups excluding carboxylic acids is 1. The molecule has 2 atom stereocenters. The van der Waals surface area contributed by atoms with E-state index in [4.69, 9.17) is 9.47 Å². The van der Waals surface area contributed by atoms with Gasteiger partial charge in [-0.25, -0.2) is 0 Å². The van der Waals surface area contributed by atoms with Crippen LogP contribution in [-0.2, 0) is 14.3 Å². The summed E-state index contributed by atoms with van der Waals surface area (Å²) in [5, 5.41) is 0. The summed E-state index contributed by atoms with van der Waals surface area (Å²) in [6, 6.07) is 10.5. The Kier molecular flexibility index (Phi) is 4.96. The van der Waals surface area contributed by atoms with Crippen molar-refractivity contribution in [2.45, 2.75) is 31.6 Å². The van der Waals surface area contributed by atoms with Gasteiger partial charge in [0.05, 0.1) is 6.04 Å². The maximum absolute atomic E-state index is 12.9. The standard InChI is InChI=1S/C19H27NO3S/c1-14(10-24-4)17(21)20-13-18(11-19(12-18,22-2)23-3)16(20)15-8-6-5-7-9-15/h5-9,14,16H,10-13H2,1-4H3. The number of likely N-dealkylation sites (tertiary alicyclic amines) is 1. The zero-order chi connectivity index (χ0) is 17.4. The third kappa shape index (κ3) is 2.76. The fraction of sp³-hybridized carbons (Fsp3) is 0.632. The second-order valence-electron chi connectivity index (χ2n) is 7.17. The summed E-state index contributed by atoms with van der Waals surface area (Å²) in [5.41, 5.74) is 1.30. The predicted octanol–water partition coefficient (Wildman–Crippen LogP) is 3.34. The molecule has 1 aromatic carbocycles. The third-order valence-electron chi connectivity index (χ3n) is 5.60. The molecular weight excluding hydrogens is 322 g/mol. The first-order valence-electron chi connectivity index (χ1n) is 8.45. The highest BCUT2D eigenvalue weighted by Gasteiger charge is 2.67. The number of methoxy groups -OCH3 is 2. The highest BCUT2D eigenvalue weighted by molar-refractivity contribution is 7.98. The zero-order valence-corrected chi connectivity index (χ0v) is 15.8. The molecule has 1 aromatic rings. The summed E-state index contributed by atoms with van der Waals surface area (Å²) in [5.74, 6) is 0.700. The summed E-state index contributed by atoms with van der Waals surface area (Å²) in [7, 11) is 3.41. The van der Waals surface area contributed by atoms with Crippen LogP contribution < -0.4 is 0 Å². The molecule has 1 saturated carbocycles. The molecular formula is C19H27NO3S. The molecule has 5 heteroatoms. The Morgan fingerprint density at radius 2 is 1.92 bits per heavy atom. The molecule has 3 rings (SSSR count). The number of hydrogen-bond acceptors (Lipinski definition) is 4. The smallest absolute Gasteiger partial charge is 0.226 e. The highest BCUT2D eigenvalue weighted by atomic mass is 32.2. The average molecular weight is 349 g/mol. The lowest BCUT2D eigenvalue weighted by molar-refractivity contribution is -0.332. The van der Waals surface area contributed by atoms with Gasteiger partial charge in [0.1, 0.15) is 0 Å². The second-order valence-corrected chi connectivity index (χ2v) is 8.08. The molecule has 1 spiro atoms. The summed E-state index contributed by atoms with van der Waals surface area (Å²) >= 11 is 1.73. The predicted molar refractivity (Wildman–Crippen MR) is 96.9 cm³/mol. The molecule has 1 saturated heterocycles. The molecule has 1 aliphatic heterocycles. The Labute approximate surface area is 148 Å². The number of rotatable bonds is 6. The van der Waals surface area contributed by atoms with Gasteiger partial charge in [-0.15, -0.1) is 0 Å². The quantitative estimate of drug-likeness (QED) is 0.739. The van der Waals surface area contributed by atoms with Gasteiger partial charge >= 0.3 is 0 Å². The van der Waals surface area contributed by atoms with Crippen LogP contribution in [0.5, 0.6) is 0 Å². The summed E-state index contributed by atoms with van der Waals surface area (Å²) in [6.07, 6.45) is 3.73. The third-order valence-corrected chi connectivity index (χ3v) is 6.43. The zero-order valence-electron chi connectivity index (χ0n) is 15.0. The molecule has 1 amide bonds. The number of carbonyl (C=O) groups is 1. The van der Waals surface area contributed by atoms with Gasteiger partial charge in [0.2, 0.25) is 5.91 Å². The first kappa shape index (κ1) is 17.8. The Balaban J connectivity index is 1.82. The first-order valence-corrected chi connectivity index (χ1v) is 9.85. The molecule has 0 bridgehead atoms. The molecule has 2 unspecified atom stereocenters. The van der Waals surface area contributed by atoms with Crippen molar-refractivity contribution in [1.82, 2.24) is 4.90 Å². The number of nitrogens with zero attached hydrogens (tertiary/aromatic N) is 1. The summed E-state index contributed by atoms with van der Waals surface area (Å²) in [6.45, 7) is 2.83. The molecule has 2 aliphatic rings. The number of benzene rings is 1. The Bertz CT molecular complexity index is 580. The fourth-order valence-electron chi connectivity index (χ4n) is 4.41. The van der Waals surface area contributed by atoms with Gasteiger partial charge in [0, 0.05) is 50.7 Å². The molecule has 0 N–H and O–H groups in total.